The molecule has 0 fully saturated rings. The van der Waals surface area contributed by atoms with Crippen LogP contribution in [0.4, 0.5) is 0 Å². The first-order valence-corrected chi connectivity index (χ1v) is 6.44. The van der Waals surface area contributed by atoms with E-state index in [2.05, 4.69) is 10.5 Å². The number of ether oxygens (including phenoxy) is 1. The highest BCUT2D eigenvalue weighted by Crippen LogP contribution is 2.22. The van der Waals surface area contributed by atoms with Crippen molar-refractivity contribution in [2.45, 2.75) is 26.1 Å². The van der Waals surface area contributed by atoms with Crippen LogP contribution < -0.4 is 5.32 Å². The normalized spacial score (nSPS) is 13.9. The van der Waals surface area contributed by atoms with Crippen LogP contribution in [-0.2, 0) is 16.9 Å². The maximum atomic E-state index is 11.9. The van der Waals surface area contributed by atoms with Crippen LogP contribution in [0.25, 0.3) is 0 Å². The molecule has 2 aromatic rings. The molecule has 1 unspecified atom stereocenters. The van der Waals surface area contributed by atoms with Gasteiger partial charge in [-0.3, -0.25) is 4.79 Å². The number of carbonyl (C=O) groups excluding carboxylic acids is 1. The van der Waals surface area contributed by atoms with Gasteiger partial charge in [0.2, 0.25) is 0 Å². The summed E-state index contributed by atoms with van der Waals surface area (Å²) in [6, 6.07) is 4.92. The van der Waals surface area contributed by atoms with Crippen molar-refractivity contribution in [3.63, 3.8) is 0 Å². The van der Waals surface area contributed by atoms with E-state index >= 15 is 0 Å². The van der Waals surface area contributed by atoms with Crippen LogP contribution in [-0.4, -0.2) is 29.8 Å². The van der Waals surface area contributed by atoms with Crippen LogP contribution in [0.2, 0.25) is 0 Å². The number of aliphatic hydroxyl groups is 1. The van der Waals surface area contributed by atoms with Gasteiger partial charge in [0.1, 0.15) is 23.7 Å². The van der Waals surface area contributed by atoms with E-state index in [1.54, 1.807) is 26.0 Å². The number of aryl methyl sites for hydroxylation is 1. The molecule has 0 radical (unpaired) electrons. The smallest absolute Gasteiger partial charge is 0.273 e. The highest BCUT2D eigenvalue weighted by atomic mass is 16.5. The molecule has 0 aliphatic rings. The lowest BCUT2D eigenvalue weighted by molar-refractivity contribution is 0.0322. The lowest BCUT2D eigenvalue weighted by atomic mass is 10.0. The molecule has 2 N–H and O–H groups in total. The third kappa shape index (κ3) is 3.71. The molecule has 0 aromatic carbocycles. The fourth-order valence-electron chi connectivity index (χ4n) is 1.78. The Morgan fingerprint density at radius 2 is 2.29 bits per heavy atom. The minimum Gasteiger partial charge on any atom is -0.463 e. The number of hydrogen-bond acceptors (Lipinski definition) is 6. The number of nitrogens with one attached hydrogen (secondary N) is 1. The molecule has 0 saturated carbocycles. The molecule has 1 atom stereocenters. The maximum Gasteiger partial charge on any atom is 0.273 e. The molecule has 0 saturated heterocycles. The zero-order valence-corrected chi connectivity index (χ0v) is 12.2. The number of methoxy groups -OCH3 is 1. The van der Waals surface area contributed by atoms with Crippen molar-refractivity contribution < 1.29 is 23.6 Å². The van der Waals surface area contributed by atoms with Crippen LogP contribution in [0.15, 0.2) is 27.1 Å². The van der Waals surface area contributed by atoms with E-state index in [4.69, 9.17) is 13.7 Å². The molecule has 0 aliphatic carbocycles. The van der Waals surface area contributed by atoms with Crippen LogP contribution in [0.3, 0.4) is 0 Å². The summed E-state index contributed by atoms with van der Waals surface area (Å²) in [6.07, 6.45) is 0. The predicted molar refractivity (Wildman–Crippen MR) is 72.6 cm³/mol. The maximum absolute atomic E-state index is 11.9. The van der Waals surface area contributed by atoms with Gasteiger partial charge in [0.15, 0.2) is 11.5 Å². The Morgan fingerprint density at radius 1 is 1.52 bits per heavy atom. The van der Waals surface area contributed by atoms with Crippen LogP contribution in [0.5, 0.6) is 0 Å². The highest BCUT2D eigenvalue weighted by molar-refractivity contribution is 5.92. The number of aromatic nitrogens is 1. The minimum atomic E-state index is -1.30. The Balaban J connectivity index is 1.96. The Labute approximate surface area is 121 Å². The molecule has 2 aromatic heterocycles. The second-order valence-electron chi connectivity index (χ2n) is 4.98. The number of amides is 1. The van der Waals surface area contributed by atoms with E-state index in [-0.39, 0.29) is 18.8 Å². The van der Waals surface area contributed by atoms with Crippen LogP contribution in [0.1, 0.15) is 34.7 Å². The zero-order valence-electron chi connectivity index (χ0n) is 12.2. The van der Waals surface area contributed by atoms with Gasteiger partial charge in [-0.25, -0.2) is 0 Å². The topological polar surface area (TPSA) is 97.7 Å². The summed E-state index contributed by atoms with van der Waals surface area (Å²) in [7, 11) is 1.52. The van der Waals surface area contributed by atoms with Crippen LogP contribution in [0, 0.1) is 6.92 Å². The monoisotopic (exact) mass is 294 g/mol. The lowest BCUT2D eigenvalue weighted by Gasteiger charge is -2.20. The van der Waals surface area contributed by atoms with Gasteiger partial charge in [-0.1, -0.05) is 5.16 Å². The minimum absolute atomic E-state index is 0.00867. The number of rotatable bonds is 6. The van der Waals surface area contributed by atoms with E-state index < -0.39 is 11.5 Å². The molecule has 1 amide bonds. The van der Waals surface area contributed by atoms with Crippen molar-refractivity contribution in [1.82, 2.24) is 10.5 Å². The molecule has 0 aliphatic heterocycles. The molecule has 7 heteroatoms. The van der Waals surface area contributed by atoms with Gasteiger partial charge in [0, 0.05) is 13.2 Å². The van der Waals surface area contributed by atoms with Crippen molar-refractivity contribution in [3.8, 4) is 0 Å². The number of furan rings is 1. The zero-order chi connectivity index (χ0) is 15.5. The Bertz CT molecular complexity index is 614. The van der Waals surface area contributed by atoms with Crippen molar-refractivity contribution >= 4 is 5.91 Å². The van der Waals surface area contributed by atoms with E-state index in [9.17, 15) is 9.90 Å². The second kappa shape index (κ2) is 6.11. The van der Waals surface area contributed by atoms with Crippen LogP contribution >= 0.6 is 0 Å². The molecule has 0 bridgehead atoms. The fraction of sp³-hybridized carbons (Fsp3) is 0.429. The third-order valence-electron chi connectivity index (χ3n) is 2.94. The van der Waals surface area contributed by atoms with Gasteiger partial charge in [-0.05, 0) is 26.0 Å². The van der Waals surface area contributed by atoms with Gasteiger partial charge in [-0.15, -0.1) is 0 Å². The third-order valence-corrected chi connectivity index (χ3v) is 2.94. The van der Waals surface area contributed by atoms with Gasteiger partial charge < -0.3 is 24.1 Å². The molecule has 2 rings (SSSR count). The van der Waals surface area contributed by atoms with E-state index in [0.29, 0.717) is 17.3 Å². The highest BCUT2D eigenvalue weighted by Gasteiger charge is 2.28. The summed E-state index contributed by atoms with van der Waals surface area (Å²) >= 11 is 0. The first kappa shape index (κ1) is 15.3. The van der Waals surface area contributed by atoms with Gasteiger partial charge in [-0.2, -0.15) is 0 Å². The molecular weight excluding hydrogens is 276 g/mol. The Kier molecular flexibility index (Phi) is 4.44. The summed E-state index contributed by atoms with van der Waals surface area (Å²) in [5.41, 5.74) is -1.17. The van der Waals surface area contributed by atoms with Crippen molar-refractivity contribution in [3.05, 3.63) is 41.2 Å². The summed E-state index contributed by atoms with van der Waals surface area (Å²) in [5.74, 6) is 1.10. The first-order chi connectivity index (χ1) is 9.92. The summed E-state index contributed by atoms with van der Waals surface area (Å²) in [5, 5.41) is 16.5. The van der Waals surface area contributed by atoms with Gasteiger partial charge in [0.05, 0.1) is 6.54 Å². The molecule has 21 heavy (non-hydrogen) atoms. The standard InChI is InChI=1S/C14H18N2O5/c1-9-4-5-12(20-9)14(2,18)8-15-13(17)11-6-10(7-19-3)21-16-11/h4-6,18H,7-8H2,1-3H3,(H,15,17). The number of nitrogens with zero attached hydrogens (tertiary/aromatic N) is 1. The summed E-state index contributed by atoms with van der Waals surface area (Å²) < 4.78 is 15.2. The van der Waals surface area contributed by atoms with E-state index in [1.807, 2.05) is 0 Å². The predicted octanol–water partition coefficient (Wildman–Crippen LogP) is 1.36. The van der Waals surface area contributed by atoms with Crippen molar-refractivity contribution in [1.29, 1.82) is 0 Å². The van der Waals surface area contributed by atoms with Crippen molar-refractivity contribution in [2.24, 2.45) is 0 Å². The summed E-state index contributed by atoms with van der Waals surface area (Å²) in [6.45, 7) is 3.57. The first-order valence-electron chi connectivity index (χ1n) is 6.44. The average Bonchev–Trinajstić information content (AvgIpc) is 3.06. The number of carbonyl (C=O) groups is 1. The molecule has 0 spiro atoms. The molecule has 7 nitrogen and oxygen atoms in total. The van der Waals surface area contributed by atoms with Gasteiger partial charge >= 0.3 is 0 Å². The largest absolute Gasteiger partial charge is 0.463 e. The summed E-state index contributed by atoms with van der Waals surface area (Å²) in [4.78, 5) is 11.9. The second-order valence-corrected chi connectivity index (χ2v) is 4.98. The molecular formula is C14H18N2O5. The SMILES string of the molecule is COCc1cc(C(=O)NCC(C)(O)c2ccc(C)o2)no1. The Morgan fingerprint density at radius 3 is 2.90 bits per heavy atom. The fourth-order valence-corrected chi connectivity index (χ4v) is 1.78. The average molecular weight is 294 g/mol. The van der Waals surface area contributed by atoms with E-state index in [1.165, 1.54) is 13.2 Å². The lowest BCUT2D eigenvalue weighted by Crippen LogP contribution is -2.38. The molecule has 114 valence electrons. The number of hydrogen-bond donors (Lipinski definition) is 2. The Hall–Kier alpha value is -2.12. The van der Waals surface area contributed by atoms with E-state index in [0.717, 1.165) is 0 Å². The quantitative estimate of drug-likeness (QED) is 0.834. The van der Waals surface area contributed by atoms with Crippen molar-refractivity contribution in [2.75, 3.05) is 13.7 Å². The van der Waals surface area contributed by atoms with Gasteiger partial charge in [0.25, 0.3) is 5.91 Å². The molecule has 2 heterocycles.